The molecule has 12 heteroatoms. The number of aldehydes is 1. The third-order valence-electron chi connectivity index (χ3n) is 6.61. The molecule has 2 aliphatic heterocycles. The van der Waals surface area contributed by atoms with Crippen LogP contribution in [-0.2, 0) is 25.6 Å². The molecule has 4 rings (SSSR count). The van der Waals surface area contributed by atoms with Crippen LogP contribution in [0.3, 0.4) is 0 Å². The number of piperidine rings is 1. The average molecular weight is 529 g/mol. The van der Waals surface area contributed by atoms with Gasteiger partial charge in [0.25, 0.3) is 0 Å². The Morgan fingerprint density at radius 1 is 1.14 bits per heavy atom. The first-order valence-corrected chi connectivity index (χ1v) is 12.9. The van der Waals surface area contributed by atoms with Crippen molar-refractivity contribution in [2.24, 2.45) is 0 Å². The van der Waals surface area contributed by atoms with Gasteiger partial charge in [-0.2, -0.15) is 13.2 Å². The van der Waals surface area contributed by atoms with Gasteiger partial charge in [0.2, 0.25) is 24.0 Å². The number of aryl methyl sites for hydroxylation is 1. The summed E-state index contributed by atoms with van der Waals surface area (Å²) in [5.41, 5.74) is 2.48. The summed E-state index contributed by atoms with van der Waals surface area (Å²) in [7, 11) is 1.71. The Kier molecular flexibility index (Phi) is 9.40. The van der Waals surface area contributed by atoms with Crippen molar-refractivity contribution < 1.29 is 32.3 Å². The molecule has 2 saturated heterocycles. The first kappa shape index (κ1) is 28.0. The van der Waals surface area contributed by atoms with Crippen molar-refractivity contribution in [1.29, 1.82) is 0 Å². The molecule has 1 aromatic carbocycles. The summed E-state index contributed by atoms with van der Waals surface area (Å²) in [6.07, 6.45) is -1.30. The smallest absolute Gasteiger partial charge is 0.347 e. The van der Waals surface area contributed by atoms with Gasteiger partial charge < -0.3 is 20.9 Å². The largest absolute Gasteiger partial charge is 0.446 e. The Morgan fingerprint density at radius 2 is 1.83 bits per heavy atom. The number of thioether (sulfide) groups is 1. The minimum absolute atomic E-state index is 0.00151. The van der Waals surface area contributed by atoms with Crippen molar-refractivity contribution in [3.8, 4) is 0 Å². The Morgan fingerprint density at radius 3 is 2.50 bits per heavy atom. The van der Waals surface area contributed by atoms with E-state index in [-0.39, 0.29) is 35.2 Å². The van der Waals surface area contributed by atoms with Gasteiger partial charge in [0.05, 0.1) is 17.5 Å². The molecule has 3 N–H and O–H groups in total. The molecule has 8 nitrogen and oxygen atoms in total. The zero-order valence-corrected chi connectivity index (χ0v) is 21.0. The first-order chi connectivity index (χ1) is 17.1. The SMILES string of the molecule is CN[C@H](C)C(=O)N[C@H]1CCC2SC[C@@H](C(=O)N[C@@H]3CCCc4ccccc43)N2C1=O.O=CC(F)(F)F. The van der Waals surface area contributed by atoms with E-state index in [0.717, 1.165) is 25.7 Å². The van der Waals surface area contributed by atoms with Crippen LogP contribution >= 0.6 is 11.8 Å². The number of alkyl halides is 3. The fraction of sp³-hybridized carbons (Fsp3) is 0.583. The van der Waals surface area contributed by atoms with Crippen molar-refractivity contribution in [2.75, 3.05) is 12.8 Å². The molecule has 1 unspecified atom stereocenters. The van der Waals surface area contributed by atoms with Crippen LogP contribution in [0, 0.1) is 0 Å². The molecule has 1 aliphatic carbocycles. The fourth-order valence-electron chi connectivity index (χ4n) is 4.63. The van der Waals surface area contributed by atoms with Crippen LogP contribution in [0.1, 0.15) is 49.8 Å². The minimum atomic E-state index is -4.64. The number of carbonyl (C=O) groups is 4. The summed E-state index contributed by atoms with van der Waals surface area (Å²) in [5, 5.41) is 8.97. The number of fused-ring (bicyclic) bond motifs is 2. The summed E-state index contributed by atoms with van der Waals surface area (Å²) in [5.74, 6) is 0.179. The maximum Gasteiger partial charge on any atom is 0.446 e. The van der Waals surface area contributed by atoms with Crippen molar-refractivity contribution in [2.45, 2.75) is 74.7 Å². The van der Waals surface area contributed by atoms with Crippen molar-refractivity contribution in [1.82, 2.24) is 20.9 Å². The first-order valence-electron chi connectivity index (χ1n) is 11.9. The average Bonchev–Trinajstić information content (AvgIpc) is 3.30. The summed E-state index contributed by atoms with van der Waals surface area (Å²) < 4.78 is 31.2. The zero-order chi connectivity index (χ0) is 26.5. The van der Waals surface area contributed by atoms with Gasteiger partial charge in [0, 0.05) is 5.75 Å². The number of halogens is 3. The number of nitrogens with zero attached hydrogens (tertiary/aromatic N) is 1. The van der Waals surface area contributed by atoms with Gasteiger partial charge in [-0.25, -0.2) is 0 Å². The van der Waals surface area contributed by atoms with E-state index in [1.54, 1.807) is 30.6 Å². The Balaban J connectivity index is 0.000000538. The van der Waals surface area contributed by atoms with Crippen LogP contribution in [-0.4, -0.2) is 71.4 Å². The molecule has 5 atom stereocenters. The minimum Gasteiger partial charge on any atom is -0.347 e. The van der Waals surface area contributed by atoms with E-state index >= 15 is 0 Å². The number of amides is 3. The van der Waals surface area contributed by atoms with Gasteiger partial charge in [-0.15, -0.1) is 11.8 Å². The van der Waals surface area contributed by atoms with E-state index in [9.17, 15) is 27.6 Å². The Hall–Kier alpha value is -2.60. The van der Waals surface area contributed by atoms with Gasteiger partial charge in [0.15, 0.2) is 0 Å². The molecule has 2 fully saturated rings. The van der Waals surface area contributed by atoms with Gasteiger partial charge in [-0.05, 0) is 57.2 Å². The number of rotatable bonds is 5. The fourth-order valence-corrected chi connectivity index (χ4v) is 6.06. The molecule has 0 aromatic heterocycles. The number of benzene rings is 1. The summed E-state index contributed by atoms with van der Waals surface area (Å²) in [6.45, 7) is 1.76. The van der Waals surface area contributed by atoms with Crippen LogP contribution < -0.4 is 16.0 Å². The molecule has 0 radical (unpaired) electrons. The van der Waals surface area contributed by atoms with Gasteiger partial charge >= 0.3 is 6.18 Å². The number of nitrogens with one attached hydrogen (secondary N) is 3. The number of hydrogen-bond donors (Lipinski definition) is 3. The Bertz CT molecular complexity index is 977. The van der Waals surface area contributed by atoms with E-state index in [0.29, 0.717) is 12.2 Å². The predicted octanol–water partition coefficient (Wildman–Crippen LogP) is 2.08. The normalized spacial score (nSPS) is 26.0. The second-order valence-corrected chi connectivity index (χ2v) is 10.2. The molecular weight excluding hydrogens is 497 g/mol. The Labute approximate surface area is 212 Å². The summed E-state index contributed by atoms with van der Waals surface area (Å²) in [6, 6.07) is 6.86. The molecule has 1 aromatic rings. The molecule has 3 amide bonds. The highest BCUT2D eigenvalue weighted by Crippen LogP contribution is 2.37. The summed E-state index contributed by atoms with van der Waals surface area (Å²) >= 11 is 1.67. The molecule has 0 saturated carbocycles. The topological polar surface area (TPSA) is 108 Å². The quantitative estimate of drug-likeness (QED) is 0.506. The number of likely N-dealkylation sites (N-methyl/N-ethyl adjacent to an activating group) is 1. The highest BCUT2D eigenvalue weighted by Gasteiger charge is 2.47. The lowest BCUT2D eigenvalue weighted by Gasteiger charge is -2.37. The standard InChI is InChI=1S/C22H30N4O3S.C2HF3O/c1-13(23-2)20(27)25-17-10-11-19-26(22(17)29)18(12-30-19)21(28)24-16-9-5-7-14-6-3-4-8-15(14)16;3-2(4,5)1-6/h3-4,6,8,13,16-19,23H,5,7,9-12H2,1-2H3,(H,24,28)(H,25,27);1H/t13-,16-,17+,18+,19?;/m1./s1. The highest BCUT2D eigenvalue weighted by atomic mass is 32.2. The van der Waals surface area contributed by atoms with Crippen molar-refractivity contribution >= 4 is 35.8 Å². The van der Waals surface area contributed by atoms with Gasteiger partial charge in [0.1, 0.15) is 12.1 Å². The van der Waals surface area contributed by atoms with Crippen LogP contribution in [0.15, 0.2) is 24.3 Å². The van der Waals surface area contributed by atoms with E-state index in [1.165, 1.54) is 11.1 Å². The molecule has 0 bridgehead atoms. The van der Waals surface area contributed by atoms with Gasteiger partial charge in [-0.3, -0.25) is 19.2 Å². The summed E-state index contributed by atoms with van der Waals surface area (Å²) in [4.78, 5) is 49.0. The predicted molar refractivity (Wildman–Crippen MR) is 129 cm³/mol. The molecule has 0 spiro atoms. The lowest BCUT2D eigenvalue weighted by molar-refractivity contribution is -0.156. The maximum atomic E-state index is 13.2. The third kappa shape index (κ3) is 6.78. The van der Waals surface area contributed by atoms with E-state index < -0.39 is 24.5 Å². The van der Waals surface area contributed by atoms with Crippen LogP contribution in [0.5, 0.6) is 0 Å². The van der Waals surface area contributed by atoms with Gasteiger partial charge in [-0.1, -0.05) is 24.3 Å². The molecule has 3 aliphatic rings. The van der Waals surface area contributed by atoms with E-state index in [2.05, 4.69) is 28.1 Å². The number of hydrogen-bond acceptors (Lipinski definition) is 6. The molecule has 198 valence electrons. The van der Waals surface area contributed by atoms with Crippen LogP contribution in [0.2, 0.25) is 0 Å². The molecule has 36 heavy (non-hydrogen) atoms. The molecular formula is C24H31F3N4O4S. The van der Waals surface area contributed by atoms with Crippen molar-refractivity contribution in [3.63, 3.8) is 0 Å². The second-order valence-electron chi connectivity index (χ2n) is 9.01. The lowest BCUT2D eigenvalue weighted by Crippen LogP contribution is -2.60. The monoisotopic (exact) mass is 528 g/mol. The second kappa shape index (κ2) is 12.1. The van der Waals surface area contributed by atoms with E-state index in [4.69, 9.17) is 4.79 Å². The molecule has 2 heterocycles. The van der Waals surface area contributed by atoms with Crippen LogP contribution in [0.25, 0.3) is 0 Å². The van der Waals surface area contributed by atoms with E-state index in [1.807, 2.05) is 12.1 Å². The number of carbonyl (C=O) groups excluding carboxylic acids is 4. The highest BCUT2D eigenvalue weighted by molar-refractivity contribution is 8.00. The lowest BCUT2D eigenvalue weighted by atomic mass is 9.87. The van der Waals surface area contributed by atoms with Crippen molar-refractivity contribution in [3.05, 3.63) is 35.4 Å². The third-order valence-corrected chi connectivity index (χ3v) is 7.97. The zero-order valence-electron chi connectivity index (χ0n) is 20.1. The maximum absolute atomic E-state index is 13.2. The van der Waals surface area contributed by atoms with Crippen LogP contribution in [0.4, 0.5) is 13.2 Å².